The van der Waals surface area contributed by atoms with E-state index >= 15 is 0 Å². The number of aromatic nitrogens is 1. The molecule has 1 aliphatic carbocycles. The first-order chi connectivity index (χ1) is 5.83. The average Bonchev–Trinajstić information content (AvgIpc) is 2.52. The zero-order valence-corrected chi connectivity index (χ0v) is 7.29. The predicted molar refractivity (Wildman–Crippen MR) is 45.8 cm³/mol. The van der Waals surface area contributed by atoms with Crippen LogP contribution in [0.4, 0.5) is 0 Å². The van der Waals surface area contributed by atoms with Crippen molar-refractivity contribution in [3.63, 3.8) is 0 Å². The monoisotopic (exact) mass is 166 g/mol. The van der Waals surface area contributed by atoms with Crippen LogP contribution < -0.4 is 5.73 Å². The van der Waals surface area contributed by atoms with Crippen LogP contribution in [0.15, 0.2) is 10.7 Å². The van der Waals surface area contributed by atoms with Crippen LogP contribution in [-0.4, -0.2) is 11.7 Å². The predicted octanol–water partition coefficient (Wildman–Crippen LogP) is 1.30. The van der Waals surface area contributed by atoms with Crippen LogP contribution in [0.1, 0.15) is 30.6 Å². The molecule has 12 heavy (non-hydrogen) atoms. The lowest BCUT2D eigenvalue weighted by atomic mass is 9.80. The van der Waals surface area contributed by atoms with E-state index in [0.29, 0.717) is 18.4 Å². The number of nitrogens with zero attached hydrogens (tertiary/aromatic N) is 1. The van der Waals surface area contributed by atoms with Gasteiger partial charge in [0, 0.05) is 18.0 Å². The number of rotatable bonds is 1. The van der Waals surface area contributed by atoms with Crippen molar-refractivity contribution in [1.29, 1.82) is 0 Å². The van der Waals surface area contributed by atoms with Gasteiger partial charge in [0.05, 0.1) is 6.20 Å². The van der Waals surface area contributed by atoms with Gasteiger partial charge in [0.25, 0.3) is 0 Å². The van der Waals surface area contributed by atoms with Crippen molar-refractivity contribution >= 4 is 0 Å². The van der Waals surface area contributed by atoms with Gasteiger partial charge in [-0.25, -0.2) is 0 Å². The third kappa shape index (κ3) is 1.05. The molecule has 66 valence electrons. The molecular formula is C9H14N2O. The molecular weight excluding hydrogens is 152 g/mol. The molecule has 1 aromatic heterocycles. The fourth-order valence-corrected chi connectivity index (χ4v) is 1.94. The summed E-state index contributed by atoms with van der Waals surface area (Å²) >= 11 is 0. The summed E-state index contributed by atoms with van der Waals surface area (Å²) in [5, 5.41) is 3.81. The van der Waals surface area contributed by atoms with Gasteiger partial charge in [0.1, 0.15) is 5.76 Å². The standard InChI is InChI=1S/C9H14N2O/c1-6-2-3-7-5-11-12-9(7)8(6)4-10/h5-6,8H,2-4,10H2,1H3. The third-order valence-electron chi connectivity index (χ3n) is 2.82. The van der Waals surface area contributed by atoms with Gasteiger partial charge in [-0.3, -0.25) is 0 Å². The van der Waals surface area contributed by atoms with E-state index in [0.717, 1.165) is 12.2 Å². The summed E-state index contributed by atoms with van der Waals surface area (Å²) < 4.78 is 5.20. The Hall–Kier alpha value is -0.830. The summed E-state index contributed by atoms with van der Waals surface area (Å²) in [6.07, 6.45) is 4.12. The van der Waals surface area contributed by atoms with Gasteiger partial charge in [0.2, 0.25) is 0 Å². The minimum absolute atomic E-state index is 0.385. The molecule has 2 unspecified atom stereocenters. The van der Waals surface area contributed by atoms with Crippen molar-refractivity contribution in [3.8, 4) is 0 Å². The van der Waals surface area contributed by atoms with E-state index in [-0.39, 0.29) is 0 Å². The Morgan fingerprint density at radius 2 is 2.58 bits per heavy atom. The fourth-order valence-electron chi connectivity index (χ4n) is 1.94. The van der Waals surface area contributed by atoms with E-state index in [1.165, 1.54) is 12.0 Å². The van der Waals surface area contributed by atoms with E-state index in [9.17, 15) is 0 Å². The summed E-state index contributed by atoms with van der Waals surface area (Å²) in [7, 11) is 0. The highest BCUT2D eigenvalue weighted by atomic mass is 16.5. The zero-order chi connectivity index (χ0) is 8.55. The van der Waals surface area contributed by atoms with Crippen molar-refractivity contribution in [1.82, 2.24) is 5.16 Å². The SMILES string of the molecule is CC1CCc2cnoc2C1CN. The first kappa shape index (κ1) is 7.80. The molecule has 2 rings (SSSR count). The molecule has 3 heteroatoms. The van der Waals surface area contributed by atoms with E-state index in [4.69, 9.17) is 10.3 Å². The minimum atomic E-state index is 0.385. The van der Waals surface area contributed by atoms with Crippen LogP contribution in [0, 0.1) is 5.92 Å². The first-order valence-electron chi connectivity index (χ1n) is 4.46. The molecule has 1 heterocycles. The molecule has 0 spiro atoms. The Balaban J connectivity index is 2.34. The van der Waals surface area contributed by atoms with Gasteiger partial charge in [-0.15, -0.1) is 0 Å². The lowest BCUT2D eigenvalue weighted by molar-refractivity contribution is 0.299. The first-order valence-corrected chi connectivity index (χ1v) is 4.46. The van der Waals surface area contributed by atoms with E-state index in [1.807, 2.05) is 6.20 Å². The van der Waals surface area contributed by atoms with Crippen LogP contribution in [0.2, 0.25) is 0 Å². The summed E-state index contributed by atoms with van der Waals surface area (Å²) in [5.74, 6) is 2.04. The maximum atomic E-state index is 5.68. The van der Waals surface area contributed by atoms with Gasteiger partial charge < -0.3 is 10.3 Å². The summed E-state index contributed by atoms with van der Waals surface area (Å²) in [6.45, 7) is 2.90. The van der Waals surface area contributed by atoms with Crippen LogP contribution in [0.5, 0.6) is 0 Å². The Morgan fingerprint density at radius 1 is 1.75 bits per heavy atom. The quantitative estimate of drug-likeness (QED) is 0.684. The highest BCUT2D eigenvalue weighted by molar-refractivity contribution is 5.22. The van der Waals surface area contributed by atoms with Crippen LogP contribution >= 0.6 is 0 Å². The maximum Gasteiger partial charge on any atom is 0.144 e. The lowest BCUT2D eigenvalue weighted by Crippen LogP contribution is -2.24. The third-order valence-corrected chi connectivity index (χ3v) is 2.82. The lowest BCUT2D eigenvalue weighted by Gasteiger charge is -2.25. The second kappa shape index (κ2) is 2.90. The molecule has 0 aliphatic heterocycles. The van der Waals surface area contributed by atoms with Crippen LogP contribution in [0.3, 0.4) is 0 Å². The van der Waals surface area contributed by atoms with Crippen molar-refractivity contribution in [2.75, 3.05) is 6.54 Å². The summed E-state index contributed by atoms with van der Waals surface area (Å²) in [4.78, 5) is 0. The van der Waals surface area contributed by atoms with E-state index in [2.05, 4.69) is 12.1 Å². The Kier molecular flexibility index (Phi) is 1.89. The molecule has 0 saturated heterocycles. The van der Waals surface area contributed by atoms with Crippen molar-refractivity contribution in [2.45, 2.75) is 25.7 Å². The molecule has 2 N–H and O–H groups in total. The van der Waals surface area contributed by atoms with Gasteiger partial charge in [0.15, 0.2) is 0 Å². The van der Waals surface area contributed by atoms with Gasteiger partial charge in [-0.05, 0) is 18.8 Å². The molecule has 0 bridgehead atoms. The number of nitrogens with two attached hydrogens (primary N) is 1. The smallest absolute Gasteiger partial charge is 0.144 e. The Bertz CT molecular complexity index is 269. The number of fused-ring (bicyclic) bond motifs is 1. The number of hydrogen-bond donors (Lipinski definition) is 1. The van der Waals surface area contributed by atoms with Crippen molar-refractivity contribution in [3.05, 3.63) is 17.5 Å². The normalized spacial score (nSPS) is 28.5. The van der Waals surface area contributed by atoms with Crippen LogP contribution in [-0.2, 0) is 6.42 Å². The zero-order valence-electron chi connectivity index (χ0n) is 7.29. The number of aryl methyl sites for hydroxylation is 1. The molecule has 1 aliphatic rings. The molecule has 0 amide bonds. The number of hydrogen-bond acceptors (Lipinski definition) is 3. The Labute approximate surface area is 71.9 Å². The van der Waals surface area contributed by atoms with Crippen molar-refractivity contribution in [2.24, 2.45) is 11.7 Å². The summed E-state index contributed by atoms with van der Waals surface area (Å²) in [6, 6.07) is 0. The molecule has 0 aromatic carbocycles. The highest BCUT2D eigenvalue weighted by Crippen LogP contribution is 2.34. The van der Waals surface area contributed by atoms with E-state index in [1.54, 1.807) is 0 Å². The highest BCUT2D eigenvalue weighted by Gasteiger charge is 2.28. The van der Waals surface area contributed by atoms with Crippen molar-refractivity contribution < 1.29 is 4.52 Å². The average molecular weight is 166 g/mol. The topological polar surface area (TPSA) is 52.0 Å². The summed E-state index contributed by atoms with van der Waals surface area (Å²) in [5.41, 5.74) is 6.93. The second-order valence-electron chi connectivity index (χ2n) is 3.57. The van der Waals surface area contributed by atoms with E-state index < -0.39 is 0 Å². The second-order valence-corrected chi connectivity index (χ2v) is 3.57. The fraction of sp³-hybridized carbons (Fsp3) is 0.667. The van der Waals surface area contributed by atoms with Gasteiger partial charge in [-0.1, -0.05) is 12.1 Å². The Morgan fingerprint density at radius 3 is 3.33 bits per heavy atom. The van der Waals surface area contributed by atoms with Gasteiger partial charge >= 0.3 is 0 Å². The molecule has 0 radical (unpaired) electrons. The molecule has 0 fully saturated rings. The van der Waals surface area contributed by atoms with Gasteiger partial charge in [-0.2, -0.15) is 0 Å². The molecule has 0 saturated carbocycles. The molecule has 2 atom stereocenters. The van der Waals surface area contributed by atoms with Crippen LogP contribution in [0.25, 0.3) is 0 Å². The maximum absolute atomic E-state index is 5.68. The minimum Gasteiger partial charge on any atom is -0.361 e. The molecule has 1 aromatic rings. The largest absolute Gasteiger partial charge is 0.361 e. The molecule has 3 nitrogen and oxygen atoms in total.